The molecule has 1 rings (SSSR count). The highest BCUT2D eigenvalue weighted by molar-refractivity contribution is 6.77. The SMILES string of the molecule is COc1ccc(COCCCCO[Si](C(C)C)(C(C)C)C(C)C)cc1. The molecule has 0 saturated heterocycles. The molecule has 0 aliphatic rings. The fraction of sp³-hybridized carbons (Fsp3) is 0.714. The van der Waals surface area contributed by atoms with Gasteiger partial charge < -0.3 is 13.9 Å². The second kappa shape index (κ2) is 11.0. The zero-order valence-corrected chi connectivity index (χ0v) is 18.3. The number of unbranched alkanes of at least 4 members (excludes halogenated alkanes) is 1. The standard InChI is InChI=1S/C21H38O3Si/c1-17(2)25(18(3)4,19(5)6)24-15-9-8-14-23-16-20-10-12-21(22-7)13-11-20/h10-13,17-19H,8-9,14-16H2,1-7H3. The summed E-state index contributed by atoms with van der Waals surface area (Å²) in [6, 6.07) is 8.05. The molecule has 0 N–H and O–H groups in total. The quantitative estimate of drug-likeness (QED) is 0.326. The minimum Gasteiger partial charge on any atom is -0.497 e. The number of ether oxygens (including phenoxy) is 2. The Morgan fingerprint density at radius 1 is 0.800 bits per heavy atom. The van der Waals surface area contributed by atoms with E-state index in [4.69, 9.17) is 13.9 Å². The lowest BCUT2D eigenvalue weighted by Gasteiger charge is -2.42. The summed E-state index contributed by atoms with van der Waals surface area (Å²) in [6.07, 6.45) is 2.12. The predicted octanol–water partition coefficient (Wildman–Crippen LogP) is 6.18. The molecule has 1 aromatic carbocycles. The first-order valence-corrected chi connectivity index (χ1v) is 11.8. The van der Waals surface area contributed by atoms with E-state index in [-0.39, 0.29) is 0 Å². The molecule has 0 unspecified atom stereocenters. The molecule has 3 nitrogen and oxygen atoms in total. The molecule has 0 spiro atoms. The van der Waals surface area contributed by atoms with Crippen molar-refractivity contribution in [3.05, 3.63) is 29.8 Å². The lowest BCUT2D eigenvalue weighted by molar-refractivity contribution is 0.112. The number of rotatable bonds is 12. The van der Waals surface area contributed by atoms with Gasteiger partial charge in [0, 0.05) is 13.2 Å². The van der Waals surface area contributed by atoms with Gasteiger partial charge in [-0.05, 0) is 47.2 Å². The fourth-order valence-electron chi connectivity index (χ4n) is 3.97. The molecule has 0 radical (unpaired) electrons. The first-order valence-electron chi connectivity index (χ1n) is 9.69. The number of benzene rings is 1. The van der Waals surface area contributed by atoms with E-state index in [0.29, 0.717) is 23.2 Å². The lowest BCUT2D eigenvalue weighted by Crippen LogP contribution is -2.47. The third-order valence-electron chi connectivity index (χ3n) is 5.17. The van der Waals surface area contributed by atoms with Crippen LogP contribution in [-0.4, -0.2) is 28.6 Å². The lowest BCUT2D eigenvalue weighted by atomic mass is 10.2. The van der Waals surface area contributed by atoms with Gasteiger partial charge in [0.05, 0.1) is 13.7 Å². The molecule has 0 bridgehead atoms. The zero-order chi connectivity index (χ0) is 18.9. The van der Waals surface area contributed by atoms with Gasteiger partial charge in [-0.2, -0.15) is 0 Å². The maximum absolute atomic E-state index is 6.57. The molecule has 25 heavy (non-hydrogen) atoms. The highest BCUT2D eigenvalue weighted by atomic mass is 28.4. The topological polar surface area (TPSA) is 27.7 Å². The molecule has 0 aliphatic carbocycles. The van der Waals surface area contributed by atoms with Crippen molar-refractivity contribution < 1.29 is 13.9 Å². The second-order valence-electron chi connectivity index (χ2n) is 7.77. The van der Waals surface area contributed by atoms with Gasteiger partial charge in [-0.15, -0.1) is 0 Å². The van der Waals surface area contributed by atoms with E-state index in [2.05, 4.69) is 53.7 Å². The highest BCUT2D eigenvalue weighted by Crippen LogP contribution is 2.42. The molecule has 4 heteroatoms. The molecular formula is C21H38O3Si. The van der Waals surface area contributed by atoms with Crippen LogP contribution >= 0.6 is 0 Å². The Balaban J connectivity index is 2.28. The Morgan fingerprint density at radius 3 is 1.80 bits per heavy atom. The van der Waals surface area contributed by atoms with Crippen LogP contribution in [-0.2, 0) is 15.8 Å². The van der Waals surface area contributed by atoms with Gasteiger partial charge >= 0.3 is 0 Å². The normalized spacial score (nSPS) is 12.4. The number of methoxy groups -OCH3 is 1. The summed E-state index contributed by atoms with van der Waals surface area (Å²) in [5.74, 6) is 0.883. The largest absolute Gasteiger partial charge is 0.497 e. The van der Waals surface area contributed by atoms with Crippen LogP contribution in [0.25, 0.3) is 0 Å². The molecule has 1 aromatic rings. The van der Waals surface area contributed by atoms with Crippen molar-refractivity contribution in [1.82, 2.24) is 0 Å². The monoisotopic (exact) mass is 366 g/mol. The second-order valence-corrected chi connectivity index (χ2v) is 13.2. The van der Waals surface area contributed by atoms with Crippen LogP contribution in [0.3, 0.4) is 0 Å². The van der Waals surface area contributed by atoms with E-state index in [1.54, 1.807) is 7.11 Å². The molecule has 0 saturated carbocycles. The minimum absolute atomic E-state index is 0.652. The van der Waals surface area contributed by atoms with Crippen molar-refractivity contribution >= 4 is 8.32 Å². The summed E-state index contributed by atoms with van der Waals surface area (Å²) in [7, 11) is -0.0270. The average Bonchev–Trinajstić information content (AvgIpc) is 2.56. The third kappa shape index (κ3) is 6.43. The first kappa shape index (κ1) is 22.2. The summed E-state index contributed by atoms with van der Waals surface area (Å²) >= 11 is 0. The van der Waals surface area contributed by atoms with Gasteiger partial charge in [-0.1, -0.05) is 53.7 Å². The van der Waals surface area contributed by atoms with Crippen LogP contribution in [0.2, 0.25) is 16.6 Å². The molecule has 0 aromatic heterocycles. The molecular weight excluding hydrogens is 328 g/mol. The van der Waals surface area contributed by atoms with Crippen molar-refractivity contribution in [3.63, 3.8) is 0 Å². The van der Waals surface area contributed by atoms with Gasteiger partial charge in [0.25, 0.3) is 0 Å². The summed E-state index contributed by atoms with van der Waals surface area (Å²) in [5.41, 5.74) is 3.14. The van der Waals surface area contributed by atoms with E-state index in [0.717, 1.165) is 31.8 Å². The van der Waals surface area contributed by atoms with Crippen LogP contribution in [0.1, 0.15) is 59.9 Å². The molecule has 0 heterocycles. The van der Waals surface area contributed by atoms with Crippen LogP contribution in [0.4, 0.5) is 0 Å². The first-order chi connectivity index (χ1) is 11.8. The summed E-state index contributed by atoms with van der Waals surface area (Å²) < 4.78 is 17.5. The van der Waals surface area contributed by atoms with E-state index >= 15 is 0 Å². The van der Waals surface area contributed by atoms with Crippen molar-refractivity contribution in [2.75, 3.05) is 20.3 Å². The number of hydrogen-bond donors (Lipinski definition) is 0. The summed E-state index contributed by atoms with van der Waals surface area (Å²) in [4.78, 5) is 0. The Morgan fingerprint density at radius 2 is 1.32 bits per heavy atom. The minimum atomic E-state index is -1.71. The van der Waals surface area contributed by atoms with Gasteiger partial charge in [-0.3, -0.25) is 0 Å². The average molecular weight is 367 g/mol. The Bertz CT molecular complexity index is 447. The van der Waals surface area contributed by atoms with Gasteiger partial charge in [0.2, 0.25) is 0 Å². The molecule has 0 atom stereocenters. The summed E-state index contributed by atoms with van der Waals surface area (Å²) in [5, 5.41) is 0. The Hall–Kier alpha value is -0.843. The Labute approximate surface area is 156 Å². The predicted molar refractivity (Wildman–Crippen MR) is 109 cm³/mol. The third-order valence-corrected chi connectivity index (χ3v) is 11.3. The van der Waals surface area contributed by atoms with E-state index < -0.39 is 8.32 Å². The van der Waals surface area contributed by atoms with Crippen LogP contribution in [0, 0.1) is 0 Å². The van der Waals surface area contributed by atoms with Gasteiger partial charge in [0.15, 0.2) is 8.32 Å². The molecule has 0 amide bonds. The fourth-order valence-corrected chi connectivity index (χ4v) is 9.46. The van der Waals surface area contributed by atoms with E-state index in [1.807, 2.05) is 12.1 Å². The molecule has 144 valence electrons. The van der Waals surface area contributed by atoms with Crippen molar-refractivity contribution in [2.24, 2.45) is 0 Å². The number of hydrogen-bond acceptors (Lipinski definition) is 3. The Kier molecular flexibility index (Phi) is 9.76. The van der Waals surface area contributed by atoms with Crippen LogP contribution in [0.15, 0.2) is 24.3 Å². The maximum atomic E-state index is 6.57. The highest BCUT2D eigenvalue weighted by Gasteiger charge is 2.44. The smallest absolute Gasteiger partial charge is 0.200 e. The molecule has 0 fully saturated rings. The maximum Gasteiger partial charge on any atom is 0.200 e. The van der Waals surface area contributed by atoms with Crippen molar-refractivity contribution in [2.45, 2.75) is 77.6 Å². The van der Waals surface area contributed by atoms with Crippen LogP contribution < -0.4 is 4.74 Å². The van der Waals surface area contributed by atoms with E-state index in [1.165, 1.54) is 5.56 Å². The summed E-state index contributed by atoms with van der Waals surface area (Å²) in [6.45, 7) is 16.3. The molecule has 0 aliphatic heterocycles. The van der Waals surface area contributed by atoms with Crippen LogP contribution in [0.5, 0.6) is 5.75 Å². The van der Waals surface area contributed by atoms with Crippen molar-refractivity contribution in [1.29, 1.82) is 0 Å². The van der Waals surface area contributed by atoms with E-state index in [9.17, 15) is 0 Å². The van der Waals surface area contributed by atoms with Gasteiger partial charge in [0.1, 0.15) is 5.75 Å². The van der Waals surface area contributed by atoms with Crippen molar-refractivity contribution in [3.8, 4) is 5.75 Å². The van der Waals surface area contributed by atoms with Gasteiger partial charge in [-0.25, -0.2) is 0 Å². The zero-order valence-electron chi connectivity index (χ0n) is 17.3.